The lowest BCUT2D eigenvalue weighted by molar-refractivity contribution is -0.114. The zero-order valence-electron chi connectivity index (χ0n) is 16.1. The predicted octanol–water partition coefficient (Wildman–Crippen LogP) is 5.10. The largest absolute Gasteiger partial charge is 0.457 e. The third kappa shape index (κ3) is 7.01. The first-order valence-corrected chi connectivity index (χ1v) is 10.3. The quantitative estimate of drug-likeness (QED) is 0.546. The molecule has 0 fully saturated rings. The van der Waals surface area contributed by atoms with Crippen LogP contribution in [0.1, 0.15) is 5.56 Å². The number of hydrogen-bond donors (Lipinski definition) is 2. The Morgan fingerprint density at radius 3 is 1.76 bits per heavy atom. The molecule has 6 heteroatoms. The monoisotopic (exact) mass is 406 g/mol. The fourth-order valence-electron chi connectivity index (χ4n) is 2.50. The van der Waals surface area contributed by atoms with Crippen molar-refractivity contribution >= 4 is 35.0 Å². The minimum absolute atomic E-state index is 0.130. The molecular weight excluding hydrogens is 384 g/mol. The molecule has 0 radical (unpaired) electrons. The minimum Gasteiger partial charge on any atom is -0.457 e. The van der Waals surface area contributed by atoms with Gasteiger partial charge in [-0.15, -0.1) is 11.8 Å². The predicted molar refractivity (Wildman–Crippen MR) is 119 cm³/mol. The Kier molecular flexibility index (Phi) is 7.30. The fourth-order valence-corrected chi connectivity index (χ4v) is 3.12. The summed E-state index contributed by atoms with van der Waals surface area (Å²) in [7, 11) is 0. The van der Waals surface area contributed by atoms with E-state index in [9.17, 15) is 9.59 Å². The number of carbonyl (C=O) groups is 2. The highest BCUT2D eigenvalue weighted by atomic mass is 32.2. The van der Waals surface area contributed by atoms with E-state index in [4.69, 9.17) is 4.74 Å². The highest BCUT2D eigenvalue weighted by molar-refractivity contribution is 8.00. The van der Waals surface area contributed by atoms with Crippen molar-refractivity contribution in [3.8, 4) is 11.5 Å². The van der Waals surface area contributed by atoms with Crippen LogP contribution < -0.4 is 15.4 Å². The molecule has 5 nitrogen and oxygen atoms in total. The molecule has 0 atom stereocenters. The lowest BCUT2D eigenvalue weighted by atomic mass is 10.2. The Labute approximate surface area is 174 Å². The lowest BCUT2D eigenvalue weighted by Gasteiger charge is -2.08. The van der Waals surface area contributed by atoms with Gasteiger partial charge in [-0.3, -0.25) is 9.59 Å². The van der Waals surface area contributed by atoms with Crippen LogP contribution >= 0.6 is 11.8 Å². The van der Waals surface area contributed by atoms with Gasteiger partial charge in [0.15, 0.2) is 0 Å². The van der Waals surface area contributed by atoms with Gasteiger partial charge < -0.3 is 15.4 Å². The van der Waals surface area contributed by atoms with Crippen LogP contribution in [0.5, 0.6) is 11.5 Å². The van der Waals surface area contributed by atoms with E-state index < -0.39 is 0 Å². The van der Waals surface area contributed by atoms with Crippen molar-refractivity contribution in [3.05, 3.63) is 84.4 Å². The summed E-state index contributed by atoms with van der Waals surface area (Å²) in [4.78, 5) is 24.0. The summed E-state index contributed by atoms with van der Waals surface area (Å²) in [5.74, 6) is 1.57. The number of nitrogens with one attached hydrogen (secondary N) is 2. The third-order valence-electron chi connectivity index (χ3n) is 3.92. The molecule has 148 valence electrons. The van der Waals surface area contributed by atoms with Gasteiger partial charge in [-0.1, -0.05) is 35.9 Å². The van der Waals surface area contributed by atoms with E-state index in [1.54, 1.807) is 24.3 Å². The number of para-hydroxylation sites is 1. The Balaban J connectivity index is 1.38. The maximum Gasteiger partial charge on any atom is 0.234 e. The average molecular weight is 407 g/mol. The van der Waals surface area contributed by atoms with Crippen LogP contribution in [0.15, 0.2) is 78.9 Å². The van der Waals surface area contributed by atoms with E-state index in [0.29, 0.717) is 11.4 Å². The van der Waals surface area contributed by atoms with Crippen molar-refractivity contribution in [2.24, 2.45) is 0 Å². The van der Waals surface area contributed by atoms with Gasteiger partial charge in [0.2, 0.25) is 11.8 Å². The second-order valence-electron chi connectivity index (χ2n) is 6.39. The maximum absolute atomic E-state index is 12.1. The van der Waals surface area contributed by atoms with Gasteiger partial charge in [0.1, 0.15) is 11.5 Å². The Hall–Kier alpha value is -3.25. The third-order valence-corrected chi connectivity index (χ3v) is 4.85. The van der Waals surface area contributed by atoms with E-state index in [1.165, 1.54) is 11.8 Å². The molecule has 0 bridgehead atoms. The maximum atomic E-state index is 12.1. The fraction of sp³-hybridized carbons (Fsp3) is 0.130. The second kappa shape index (κ2) is 10.3. The number of amides is 2. The molecule has 0 aromatic heterocycles. The van der Waals surface area contributed by atoms with Crippen LogP contribution in [-0.4, -0.2) is 23.3 Å². The number of hydrogen-bond acceptors (Lipinski definition) is 4. The van der Waals surface area contributed by atoms with Gasteiger partial charge in [-0.25, -0.2) is 0 Å². The molecule has 2 amide bonds. The summed E-state index contributed by atoms with van der Waals surface area (Å²) in [6.45, 7) is 1.99. The van der Waals surface area contributed by atoms with Crippen LogP contribution in [0.25, 0.3) is 0 Å². The summed E-state index contributed by atoms with van der Waals surface area (Å²) in [6.07, 6.45) is 0. The summed E-state index contributed by atoms with van der Waals surface area (Å²) < 4.78 is 5.72. The first-order valence-electron chi connectivity index (χ1n) is 9.15. The van der Waals surface area contributed by atoms with Crippen LogP contribution in [0.4, 0.5) is 11.4 Å². The molecule has 0 saturated carbocycles. The normalized spacial score (nSPS) is 10.2. The van der Waals surface area contributed by atoms with Gasteiger partial charge in [-0.2, -0.15) is 0 Å². The Morgan fingerprint density at radius 1 is 0.724 bits per heavy atom. The SMILES string of the molecule is Cc1ccc(NC(=O)CSCC(=O)Nc2ccc(Oc3ccccc3)cc2)cc1. The Bertz CT molecular complexity index is 942. The number of thioether (sulfide) groups is 1. The molecule has 0 aliphatic carbocycles. The summed E-state index contributed by atoms with van der Waals surface area (Å²) >= 11 is 1.27. The summed E-state index contributed by atoms with van der Waals surface area (Å²) in [5, 5.41) is 5.63. The molecule has 2 N–H and O–H groups in total. The minimum atomic E-state index is -0.158. The van der Waals surface area contributed by atoms with E-state index in [-0.39, 0.29) is 23.3 Å². The molecule has 3 aromatic carbocycles. The molecule has 0 spiro atoms. The van der Waals surface area contributed by atoms with E-state index in [1.807, 2.05) is 61.5 Å². The number of carbonyl (C=O) groups excluding carboxylic acids is 2. The highest BCUT2D eigenvalue weighted by Gasteiger charge is 2.07. The zero-order chi connectivity index (χ0) is 20.5. The number of anilines is 2. The van der Waals surface area contributed by atoms with Crippen molar-refractivity contribution < 1.29 is 14.3 Å². The van der Waals surface area contributed by atoms with E-state index in [2.05, 4.69) is 10.6 Å². The van der Waals surface area contributed by atoms with Crippen LogP contribution in [-0.2, 0) is 9.59 Å². The van der Waals surface area contributed by atoms with E-state index >= 15 is 0 Å². The molecule has 0 aliphatic rings. The van der Waals surface area contributed by atoms with Crippen LogP contribution in [0, 0.1) is 6.92 Å². The van der Waals surface area contributed by atoms with Gasteiger partial charge in [0, 0.05) is 11.4 Å². The molecule has 0 heterocycles. The number of rotatable bonds is 8. The van der Waals surface area contributed by atoms with Gasteiger partial charge >= 0.3 is 0 Å². The molecule has 3 rings (SSSR count). The number of ether oxygens (including phenoxy) is 1. The molecule has 29 heavy (non-hydrogen) atoms. The molecule has 0 aliphatic heterocycles. The van der Waals surface area contributed by atoms with Crippen LogP contribution in [0.3, 0.4) is 0 Å². The number of aryl methyl sites for hydroxylation is 1. The Morgan fingerprint density at radius 2 is 1.21 bits per heavy atom. The van der Waals surface area contributed by atoms with Crippen molar-refractivity contribution in [2.45, 2.75) is 6.92 Å². The smallest absolute Gasteiger partial charge is 0.234 e. The van der Waals surface area contributed by atoms with Crippen molar-refractivity contribution in [1.29, 1.82) is 0 Å². The first kappa shape index (κ1) is 20.5. The van der Waals surface area contributed by atoms with Gasteiger partial charge in [0.25, 0.3) is 0 Å². The summed E-state index contributed by atoms with van der Waals surface area (Å²) in [5.41, 5.74) is 2.57. The standard InChI is InChI=1S/C23H22N2O3S/c1-17-7-9-18(10-8-17)24-22(26)15-29-16-23(27)25-19-11-13-21(14-12-19)28-20-5-3-2-4-6-20/h2-14H,15-16H2,1H3,(H,24,26)(H,25,27). The topological polar surface area (TPSA) is 67.4 Å². The highest BCUT2D eigenvalue weighted by Crippen LogP contribution is 2.22. The van der Waals surface area contributed by atoms with Gasteiger partial charge in [-0.05, 0) is 55.5 Å². The zero-order valence-corrected chi connectivity index (χ0v) is 16.9. The average Bonchev–Trinajstić information content (AvgIpc) is 2.72. The van der Waals surface area contributed by atoms with Crippen molar-refractivity contribution in [2.75, 3.05) is 22.1 Å². The summed E-state index contributed by atoms with van der Waals surface area (Å²) in [6, 6.07) is 24.2. The van der Waals surface area contributed by atoms with Crippen molar-refractivity contribution in [3.63, 3.8) is 0 Å². The lowest BCUT2D eigenvalue weighted by Crippen LogP contribution is -2.18. The molecular formula is C23H22N2O3S. The molecule has 0 unspecified atom stereocenters. The number of benzene rings is 3. The second-order valence-corrected chi connectivity index (χ2v) is 7.38. The van der Waals surface area contributed by atoms with Gasteiger partial charge in [0.05, 0.1) is 11.5 Å². The first-order chi connectivity index (χ1) is 14.1. The van der Waals surface area contributed by atoms with E-state index in [0.717, 1.165) is 17.0 Å². The molecule has 3 aromatic rings. The molecule has 0 saturated heterocycles. The van der Waals surface area contributed by atoms with Crippen LogP contribution in [0.2, 0.25) is 0 Å². The van der Waals surface area contributed by atoms with Crippen molar-refractivity contribution in [1.82, 2.24) is 0 Å².